The number of rotatable bonds is 9. The molecular formula is C26H25N3O5. The Morgan fingerprint density at radius 3 is 2.41 bits per heavy atom. The second kappa shape index (κ2) is 11.9. The number of amides is 2. The Morgan fingerprint density at radius 1 is 0.971 bits per heavy atom. The summed E-state index contributed by atoms with van der Waals surface area (Å²) >= 11 is 0. The maximum absolute atomic E-state index is 12.9. The zero-order valence-corrected chi connectivity index (χ0v) is 19.1. The number of methoxy groups -OCH3 is 2. The van der Waals surface area contributed by atoms with Gasteiger partial charge in [0.25, 0.3) is 11.8 Å². The van der Waals surface area contributed by atoms with Gasteiger partial charge in [-0.1, -0.05) is 24.3 Å². The van der Waals surface area contributed by atoms with E-state index in [0.29, 0.717) is 34.1 Å². The molecule has 0 spiro atoms. The van der Waals surface area contributed by atoms with Gasteiger partial charge in [-0.2, -0.15) is 5.10 Å². The quantitative estimate of drug-likeness (QED) is 0.283. The zero-order chi connectivity index (χ0) is 24.3. The van der Waals surface area contributed by atoms with Crippen molar-refractivity contribution in [2.45, 2.75) is 6.92 Å². The Morgan fingerprint density at radius 2 is 1.74 bits per heavy atom. The van der Waals surface area contributed by atoms with Crippen LogP contribution in [0.25, 0.3) is 12.2 Å². The van der Waals surface area contributed by atoms with Crippen molar-refractivity contribution >= 4 is 29.7 Å². The lowest BCUT2D eigenvalue weighted by molar-refractivity contribution is -0.117. The Kier molecular flexibility index (Phi) is 8.40. The average Bonchev–Trinajstić information content (AvgIpc) is 3.39. The van der Waals surface area contributed by atoms with Crippen LogP contribution in [0.3, 0.4) is 0 Å². The number of hydrogen-bond acceptors (Lipinski definition) is 6. The van der Waals surface area contributed by atoms with E-state index in [1.165, 1.54) is 20.3 Å². The van der Waals surface area contributed by atoms with Crippen LogP contribution < -0.4 is 20.2 Å². The molecule has 1 heterocycles. The van der Waals surface area contributed by atoms with Gasteiger partial charge in [0, 0.05) is 5.56 Å². The van der Waals surface area contributed by atoms with Crippen LogP contribution in [0.1, 0.15) is 28.6 Å². The third-order valence-electron chi connectivity index (χ3n) is 4.61. The second-order valence-corrected chi connectivity index (χ2v) is 7.04. The van der Waals surface area contributed by atoms with Crippen LogP contribution >= 0.6 is 0 Å². The van der Waals surface area contributed by atoms with Gasteiger partial charge in [-0.15, -0.1) is 0 Å². The summed E-state index contributed by atoms with van der Waals surface area (Å²) in [6.45, 7) is 1.72. The van der Waals surface area contributed by atoms with Crippen molar-refractivity contribution in [3.05, 3.63) is 95.6 Å². The fourth-order valence-electron chi connectivity index (χ4n) is 2.88. The third kappa shape index (κ3) is 6.70. The van der Waals surface area contributed by atoms with Gasteiger partial charge < -0.3 is 19.2 Å². The molecule has 3 aromatic rings. The molecule has 0 saturated carbocycles. The standard InChI is InChI=1S/C26H25N3O5/c1-18(11-13-21-10-7-15-34-21)28-29-26(31)22(27-25(30)20-8-5-4-6-9-20)16-19-12-14-23(32-2)24(17-19)33-3/h4-17H,1-3H3,(H,27,30)(H,29,31)/b13-11+,22-16+,28-18-. The predicted molar refractivity (Wildman–Crippen MR) is 130 cm³/mol. The molecule has 0 unspecified atom stereocenters. The van der Waals surface area contributed by atoms with E-state index in [2.05, 4.69) is 15.8 Å². The van der Waals surface area contributed by atoms with E-state index < -0.39 is 11.8 Å². The number of carbonyl (C=O) groups excluding carboxylic acids is 2. The number of carbonyl (C=O) groups is 2. The van der Waals surface area contributed by atoms with Gasteiger partial charge in [0.05, 0.1) is 26.2 Å². The molecule has 1 aromatic heterocycles. The second-order valence-electron chi connectivity index (χ2n) is 7.04. The number of benzene rings is 2. The van der Waals surface area contributed by atoms with E-state index in [0.717, 1.165) is 0 Å². The fraction of sp³-hybridized carbons (Fsp3) is 0.115. The first-order chi connectivity index (χ1) is 16.5. The summed E-state index contributed by atoms with van der Waals surface area (Å²) in [6.07, 6.45) is 6.51. The van der Waals surface area contributed by atoms with Crippen LogP contribution in [0.2, 0.25) is 0 Å². The maximum Gasteiger partial charge on any atom is 0.287 e. The molecule has 0 aliphatic carbocycles. The van der Waals surface area contributed by atoms with E-state index >= 15 is 0 Å². The van der Waals surface area contributed by atoms with Crippen molar-refractivity contribution in [1.82, 2.24) is 10.7 Å². The van der Waals surface area contributed by atoms with Crippen LogP contribution in [0.5, 0.6) is 11.5 Å². The van der Waals surface area contributed by atoms with E-state index in [9.17, 15) is 9.59 Å². The smallest absolute Gasteiger partial charge is 0.287 e. The van der Waals surface area contributed by atoms with E-state index in [4.69, 9.17) is 13.9 Å². The minimum absolute atomic E-state index is 0.00707. The molecule has 0 aliphatic heterocycles. The molecule has 8 heteroatoms. The lowest BCUT2D eigenvalue weighted by atomic mass is 10.1. The summed E-state index contributed by atoms with van der Waals surface area (Å²) in [5.41, 5.74) is 4.04. The highest BCUT2D eigenvalue weighted by Crippen LogP contribution is 2.28. The van der Waals surface area contributed by atoms with Crippen LogP contribution in [0, 0.1) is 0 Å². The first-order valence-corrected chi connectivity index (χ1v) is 10.4. The highest BCUT2D eigenvalue weighted by molar-refractivity contribution is 6.06. The molecule has 0 saturated heterocycles. The van der Waals surface area contributed by atoms with Crippen LogP contribution in [-0.4, -0.2) is 31.7 Å². The fourth-order valence-corrected chi connectivity index (χ4v) is 2.88. The number of nitrogens with one attached hydrogen (secondary N) is 2. The molecule has 0 bridgehead atoms. The summed E-state index contributed by atoms with van der Waals surface area (Å²) in [7, 11) is 3.05. The number of allylic oxidation sites excluding steroid dienone is 1. The molecule has 0 atom stereocenters. The summed E-state index contributed by atoms with van der Waals surface area (Å²) in [4.78, 5) is 25.6. The lowest BCUT2D eigenvalue weighted by Gasteiger charge is -2.11. The molecule has 2 aromatic carbocycles. The molecule has 0 fully saturated rings. The first kappa shape index (κ1) is 24.1. The number of hydrogen-bond donors (Lipinski definition) is 2. The Balaban J connectivity index is 1.84. The Bertz CT molecular complexity index is 1210. The maximum atomic E-state index is 12.9. The topological polar surface area (TPSA) is 102 Å². The summed E-state index contributed by atoms with van der Waals surface area (Å²) in [5.74, 6) is 0.667. The van der Waals surface area contributed by atoms with Gasteiger partial charge >= 0.3 is 0 Å². The van der Waals surface area contributed by atoms with Crippen LogP contribution in [-0.2, 0) is 4.79 Å². The summed E-state index contributed by atoms with van der Waals surface area (Å²) in [5, 5.41) is 6.74. The van der Waals surface area contributed by atoms with Crippen molar-refractivity contribution in [3.8, 4) is 11.5 Å². The Labute approximate surface area is 197 Å². The molecule has 174 valence electrons. The predicted octanol–water partition coefficient (Wildman–Crippen LogP) is 4.27. The molecular weight excluding hydrogens is 434 g/mol. The van der Waals surface area contributed by atoms with Gasteiger partial charge in [-0.05, 0) is 67.1 Å². The van der Waals surface area contributed by atoms with E-state index in [1.807, 2.05) is 0 Å². The number of ether oxygens (including phenoxy) is 2. The van der Waals surface area contributed by atoms with Crippen molar-refractivity contribution in [1.29, 1.82) is 0 Å². The molecule has 34 heavy (non-hydrogen) atoms. The van der Waals surface area contributed by atoms with Crippen LogP contribution in [0.15, 0.2) is 88.2 Å². The highest BCUT2D eigenvalue weighted by Gasteiger charge is 2.15. The molecule has 8 nitrogen and oxygen atoms in total. The zero-order valence-electron chi connectivity index (χ0n) is 19.1. The number of furan rings is 1. The van der Waals surface area contributed by atoms with Crippen molar-refractivity contribution in [2.24, 2.45) is 5.10 Å². The van der Waals surface area contributed by atoms with Gasteiger partial charge in [0.1, 0.15) is 11.5 Å². The molecule has 2 N–H and O–H groups in total. The number of hydrazone groups is 1. The minimum atomic E-state index is -0.593. The third-order valence-corrected chi connectivity index (χ3v) is 4.61. The van der Waals surface area contributed by atoms with Gasteiger partial charge in [-0.25, -0.2) is 5.43 Å². The van der Waals surface area contributed by atoms with Crippen molar-refractivity contribution in [3.63, 3.8) is 0 Å². The average molecular weight is 460 g/mol. The SMILES string of the molecule is COc1ccc(/C=C(/NC(=O)c2ccccc2)C(=O)N/N=C(C)\C=C\c2ccco2)cc1OC. The number of nitrogens with zero attached hydrogens (tertiary/aromatic N) is 1. The summed E-state index contributed by atoms with van der Waals surface area (Å²) < 4.78 is 15.8. The van der Waals surface area contributed by atoms with E-state index in [-0.39, 0.29) is 5.70 Å². The first-order valence-electron chi connectivity index (χ1n) is 10.4. The van der Waals surface area contributed by atoms with Crippen LogP contribution in [0.4, 0.5) is 0 Å². The molecule has 3 rings (SSSR count). The normalized spacial score (nSPS) is 11.9. The summed E-state index contributed by atoms with van der Waals surface area (Å²) in [6, 6.07) is 17.3. The van der Waals surface area contributed by atoms with Crippen molar-refractivity contribution in [2.75, 3.05) is 14.2 Å². The lowest BCUT2D eigenvalue weighted by Crippen LogP contribution is -2.33. The van der Waals surface area contributed by atoms with Gasteiger partial charge in [-0.3, -0.25) is 9.59 Å². The molecule has 0 aliphatic rings. The largest absolute Gasteiger partial charge is 0.493 e. The molecule has 0 radical (unpaired) electrons. The van der Waals surface area contributed by atoms with Gasteiger partial charge in [0.15, 0.2) is 11.5 Å². The minimum Gasteiger partial charge on any atom is -0.493 e. The van der Waals surface area contributed by atoms with Gasteiger partial charge in [0.2, 0.25) is 0 Å². The monoisotopic (exact) mass is 459 g/mol. The van der Waals surface area contributed by atoms with E-state index in [1.54, 1.807) is 86.0 Å². The Hall–Kier alpha value is -4.59. The molecule has 2 amide bonds. The highest BCUT2D eigenvalue weighted by atomic mass is 16.5. The van der Waals surface area contributed by atoms with Crippen molar-refractivity contribution < 1.29 is 23.5 Å².